The van der Waals surface area contributed by atoms with Crippen molar-refractivity contribution in [3.8, 4) is 5.75 Å². The van der Waals surface area contributed by atoms with Crippen LogP contribution < -0.4 is 15.4 Å². The van der Waals surface area contributed by atoms with Gasteiger partial charge in [-0.15, -0.1) is 0 Å². The highest BCUT2D eigenvalue weighted by atomic mass is 16.5. The first-order chi connectivity index (χ1) is 16.1. The van der Waals surface area contributed by atoms with Crippen LogP contribution in [0.15, 0.2) is 78.9 Å². The quantitative estimate of drug-likeness (QED) is 0.403. The zero-order chi connectivity index (χ0) is 23.0. The van der Waals surface area contributed by atoms with Crippen molar-refractivity contribution in [2.75, 3.05) is 11.9 Å². The molecule has 1 aromatic heterocycles. The van der Waals surface area contributed by atoms with E-state index < -0.39 is 0 Å². The number of fused-ring (bicyclic) bond motifs is 1. The molecule has 4 rings (SSSR count). The van der Waals surface area contributed by atoms with Gasteiger partial charge in [0.1, 0.15) is 24.7 Å². The molecular weight excluding hydrogens is 416 g/mol. The number of hydrogen-bond acceptors (Lipinski definition) is 4. The fourth-order valence-corrected chi connectivity index (χ4v) is 3.47. The third-order valence-corrected chi connectivity index (χ3v) is 5.11. The second-order valence-electron chi connectivity index (χ2n) is 7.59. The van der Waals surface area contributed by atoms with E-state index in [4.69, 9.17) is 4.74 Å². The van der Waals surface area contributed by atoms with Gasteiger partial charge in [-0.2, -0.15) is 0 Å². The minimum atomic E-state index is -0.192. The van der Waals surface area contributed by atoms with Crippen LogP contribution in [0.25, 0.3) is 11.0 Å². The SMILES string of the molecule is CCCNC(=O)c1ccc(NC(=O)Cn2c(COc3ccccc3)nc3ccccc32)cc1. The summed E-state index contributed by atoms with van der Waals surface area (Å²) in [6.07, 6.45) is 0.876. The molecule has 7 nitrogen and oxygen atoms in total. The molecule has 0 bridgehead atoms. The average molecular weight is 443 g/mol. The molecule has 0 saturated heterocycles. The molecule has 0 fully saturated rings. The van der Waals surface area contributed by atoms with E-state index in [2.05, 4.69) is 15.6 Å². The number of amides is 2. The number of rotatable bonds is 9. The summed E-state index contributed by atoms with van der Waals surface area (Å²) in [6.45, 7) is 2.97. The maximum atomic E-state index is 12.8. The van der Waals surface area contributed by atoms with Crippen molar-refractivity contribution in [2.24, 2.45) is 0 Å². The van der Waals surface area contributed by atoms with E-state index in [1.807, 2.05) is 66.1 Å². The predicted octanol–water partition coefficient (Wildman–Crippen LogP) is 4.39. The standard InChI is InChI=1S/C26H26N4O3/c1-2-16-27-26(32)19-12-14-20(15-13-19)28-25(31)17-30-23-11-7-6-10-22(23)29-24(30)18-33-21-8-4-3-5-9-21/h3-15H,2,16-18H2,1H3,(H,27,32)(H,28,31). The molecule has 0 aliphatic heterocycles. The summed E-state index contributed by atoms with van der Waals surface area (Å²) in [6, 6.07) is 24.0. The van der Waals surface area contributed by atoms with Crippen molar-refractivity contribution in [2.45, 2.75) is 26.5 Å². The van der Waals surface area contributed by atoms with Gasteiger partial charge in [0.25, 0.3) is 5.91 Å². The highest BCUT2D eigenvalue weighted by Gasteiger charge is 2.15. The van der Waals surface area contributed by atoms with Gasteiger partial charge in [-0.1, -0.05) is 37.3 Å². The van der Waals surface area contributed by atoms with Gasteiger partial charge in [0.15, 0.2) is 0 Å². The lowest BCUT2D eigenvalue weighted by molar-refractivity contribution is -0.116. The molecule has 1 heterocycles. The van der Waals surface area contributed by atoms with Crippen LogP contribution in [0.3, 0.4) is 0 Å². The van der Waals surface area contributed by atoms with Gasteiger partial charge >= 0.3 is 0 Å². The maximum Gasteiger partial charge on any atom is 0.251 e. The van der Waals surface area contributed by atoms with Gasteiger partial charge in [-0.05, 0) is 55.0 Å². The number of aromatic nitrogens is 2. The lowest BCUT2D eigenvalue weighted by Crippen LogP contribution is -2.24. The molecule has 0 unspecified atom stereocenters. The van der Waals surface area contributed by atoms with Crippen LogP contribution in [0.2, 0.25) is 0 Å². The van der Waals surface area contributed by atoms with E-state index >= 15 is 0 Å². The zero-order valence-corrected chi connectivity index (χ0v) is 18.5. The van der Waals surface area contributed by atoms with Crippen molar-refractivity contribution in [3.05, 3.63) is 90.3 Å². The van der Waals surface area contributed by atoms with Gasteiger partial charge in [0, 0.05) is 17.8 Å². The average Bonchev–Trinajstić information content (AvgIpc) is 3.19. The van der Waals surface area contributed by atoms with Crippen LogP contribution in [0, 0.1) is 0 Å². The maximum absolute atomic E-state index is 12.8. The topological polar surface area (TPSA) is 85.2 Å². The van der Waals surface area contributed by atoms with Crippen LogP contribution >= 0.6 is 0 Å². The van der Waals surface area contributed by atoms with E-state index in [1.54, 1.807) is 24.3 Å². The summed E-state index contributed by atoms with van der Waals surface area (Å²) in [5.41, 5.74) is 2.85. The fourth-order valence-electron chi connectivity index (χ4n) is 3.47. The van der Waals surface area contributed by atoms with E-state index in [1.165, 1.54) is 0 Å². The molecule has 0 aliphatic rings. The summed E-state index contributed by atoms with van der Waals surface area (Å²) in [5.74, 6) is 1.09. The van der Waals surface area contributed by atoms with Gasteiger partial charge in [-0.3, -0.25) is 9.59 Å². The van der Waals surface area contributed by atoms with Gasteiger partial charge in [0.2, 0.25) is 5.91 Å². The Hall–Kier alpha value is -4.13. The monoisotopic (exact) mass is 442 g/mol. The summed E-state index contributed by atoms with van der Waals surface area (Å²) in [4.78, 5) is 29.5. The molecule has 7 heteroatoms. The molecule has 168 valence electrons. The molecule has 0 atom stereocenters. The van der Waals surface area contributed by atoms with Crippen LogP contribution in [0.5, 0.6) is 5.75 Å². The molecule has 3 aromatic carbocycles. The first kappa shape index (κ1) is 22.1. The van der Waals surface area contributed by atoms with Crippen molar-refractivity contribution in [3.63, 3.8) is 0 Å². The Labute approximate surface area is 192 Å². The minimum absolute atomic E-state index is 0.0900. The minimum Gasteiger partial charge on any atom is -0.486 e. The molecule has 0 aliphatic carbocycles. The Morgan fingerprint density at radius 3 is 2.42 bits per heavy atom. The number of carbonyl (C=O) groups excluding carboxylic acids is 2. The van der Waals surface area contributed by atoms with E-state index in [0.717, 1.165) is 23.2 Å². The van der Waals surface area contributed by atoms with Crippen molar-refractivity contribution >= 4 is 28.5 Å². The molecular formula is C26H26N4O3. The number of carbonyl (C=O) groups is 2. The molecule has 2 N–H and O–H groups in total. The molecule has 4 aromatic rings. The van der Waals surface area contributed by atoms with Crippen molar-refractivity contribution in [1.29, 1.82) is 0 Å². The van der Waals surface area contributed by atoms with Crippen molar-refractivity contribution < 1.29 is 14.3 Å². The highest BCUT2D eigenvalue weighted by molar-refractivity contribution is 5.96. The molecule has 2 amide bonds. The smallest absolute Gasteiger partial charge is 0.251 e. The summed E-state index contributed by atoms with van der Waals surface area (Å²) < 4.78 is 7.73. The Morgan fingerprint density at radius 2 is 1.67 bits per heavy atom. The van der Waals surface area contributed by atoms with Crippen LogP contribution in [-0.2, 0) is 17.9 Å². The van der Waals surface area contributed by atoms with Crippen LogP contribution in [0.1, 0.15) is 29.5 Å². The molecule has 0 spiro atoms. The third-order valence-electron chi connectivity index (χ3n) is 5.11. The van der Waals surface area contributed by atoms with Crippen molar-refractivity contribution in [1.82, 2.24) is 14.9 Å². The summed E-state index contributed by atoms with van der Waals surface area (Å²) in [5, 5.41) is 5.73. The number of nitrogens with one attached hydrogen (secondary N) is 2. The van der Waals surface area contributed by atoms with Gasteiger partial charge in [-0.25, -0.2) is 4.98 Å². The Balaban J connectivity index is 1.46. The number of ether oxygens (including phenoxy) is 1. The highest BCUT2D eigenvalue weighted by Crippen LogP contribution is 2.19. The predicted molar refractivity (Wildman–Crippen MR) is 128 cm³/mol. The zero-order valence-electron chi connectivity index (χ0n) is 18.5. The first-order valence-corrected chi connectivity index (χ1v) is 10.9. The number of imidazole rings is 1. The second kappa shape index (κ2) is 10.5. The van der Waals surface area contributed by atoms with E-state index in [-0.39, 0.29) is 25.0 Å². The Morgan fingerprint density at radius 1 is 0.939 bits per heavy atom. The molecule has 0 radical (unpaired) electrons. The normalized spacial score (nSPS) is 10.7. The number of nitrogens with zero attached hydrogens (tertiary/aromatic N) is 2. The summed E-state index contributed by atoms with van der Waals surface area (Å²) >= 11 is 0. The van der Waals surface area contributed by atoms with Gasteiger partial charge in [0.05, 0.1) is 11.0 Å². The lowest BCUT2D eigenvalue weighted by Gasteiger charge is -2.11. The number of hydrogen-bond donors (Lipinski definition) is 2. The van der Waals surface area contributed by atoms with E-state index in [9.17, 15) is 9.59 Å². The number of para-hydroxylation sites is 3. The summed E-state index contributed by atoms with van der Waals surface area (Å²) in [7, 11) is 0. The van der Waals surface area contributed by atoms with Crippen LogP contribution in [-0.4, -0.2) is 27.9 Å². The molecule has 33 heavy (non-hydrogen) atoms. The second-order valence-corrected chi connectivity index (χ2v) is 7.59. The molecule has 0 saturated carbocycles. The largest absolute Gasteiger partial charge is 0.486 e. The number of benzene rings is 3. The number of anilines is 1. The Bertz CT molecular complexity index is 1230. The van der Waals surface area contributed by atoms with Gasteiger partial charge < -0.3 is 19.9 Å². The Kier molecular flexibility index (Phi) is 6.99. The first-order valence-electron chi connectivity index (χ1n) is 10.9. The fraction of sp³-hybridized carbons (Fsp3) is 0.192. The lowest BCUT2D eigenvalue weighted by atomic mass is 10.2. The van der Waals surface area contributed by atoms with E-state index in [0.29, 0.717) is 23.6 Å². The third kappa shape index (κ3) is 5.57. The van der Waals surface area contributed by atoms with Crippen LogP contribution in [0.4, 0.5) is 5.69 Å².